The molecule has 0 heterocycles. The lowest BCUT2D eigenvalue weighted by Gasteiger charge is -2.29. The smallest absolute Gasteiger partial charge is 0.0468 e. The molecule has 0 radical (unpaired) electrons. The molecule has 0 unspecified atom stereocenters. The van der Waals surface area contributed by atoms with Crippen molar-refractivity contribution in [3.05, 3.63) is 186 Å². The maximum Gasteiger partial charge on any atom is 0.0468 e. The van der Waals surface area contributed by atoms with E-state index in [4.69, 9.17) is 0 Å². The first kappa shape index (κ1) is 29.9. The zero-order valence-corrected chi connectivity index (χ0v) is 29.5. The van der Waals surface area contributed by atoms with Gasteiger partial charge in [-0.05, 0) is 120 Å². The second-order valence-corrected chi connectivity index (χ2v) is 15.4. The van der Waals surface area contributed by atoms with Gasteiger partial charge in [0.25, 0.3) is 0 Å². The molecule has 0 bridgehead atoms. The van der Waals surface area contributed by atoms with Gasteiger partial charge >= 0.3 is 0 Å². The maximum atomic E-state index is 2.45. The lowest BCUT2D eigenvalue weighted by atomic mass is 9.82. The van der Waals surface area contributed by atoms with Gasteiger partial charge in [0, 0.05) is 27.9 Å². The lowest BCUT2D eigenvalue weighted by molar-refractivity contribution is 0.660. The van der Waals surface area contributed by atoms with Crippen molar-refractivity contribution in [1.82, 2.24) is 0 Å². The average Bonchev–Trinajstić information content (AvgIpc) is 3.54. The Hall–Kier alpha value is -5.92. The Labute approximate surface area is 300 Å². The molecule has 0 N–H and O–H groups in total. The van der Waals surface area contributed by atoms with Gasteiger partial charge in [0.05, 0.1) is 0 Å². The second kappa shape index (κ2) is 10.8. The van der Waals surface area contributed by atoms with Crippen LogP contribution in [0.15, 0.2) is 164 Å². The van der Waals surface area contributed by atoms with Crippen molar-refractivity contribution in [2.24, 2.45) is 0 Å². The summed E-state index contributed by atoms with van der Waals surface area (Å²) in [6.45, 7) is 9.45. The summed E-state index contributed by atoms with van der Waals surface area (Å²) >= 11 is 0. The Balaban J connectivity index is 1.16. The topological polar surface area (TPSA) is 3.24 Å². The highest BCUT2D eigenvalue weighted by Crippen LogP contribution is 2.53. The third kappa shape index (κ3) is 4.41. The molecule has 0 aromatic heterocycles. The molecule has 0 saturated heterocycles. The minimum Gasteiger partial charge on any atom is -0.310 e. The van der Waals surface area contributed by atoms with Crippen molar-refractivity contribution in [1.29, 1.82) is 0 Å². The molecule has 8 aromatic rings. The Morgan fingerprint density at radius 1 is 0.353 bits per heavy atom. The van der Waals surface area contributed by atoms with Crippen molar-refractivity contribution >= 4 is 38.6 Å². The summed E-state index contributed by atoms with van der Waals surface area (Å²) in [5.74, 6) is 0. The van der Waals surface area contributed by atoms with Crippen LogP contribution in [0.25, 0.3) is 54.9 Å². The van der Waals surface area contributed by atoms with Crippen LogP contribution in [0, 0.1) is 0 Å². The summed E-state index contributed by atoms with van der Waals surface area (Å²) in [5, 5.41) is 5.09. The monoisotopic (exact) mass is 653 g/mol. The molecule has 51 heavy (non-hydrogen) atoms. The number of hydrogen-bond acceptors (Lipinski definition) is 1. The fraction of sp³-hybridized carbons (Fsp3) is 0.120. The van der Waals surface area contributed by atoms with E-state index in [0.29, 0.717) is 0 Å². The van der Waals surface area contributed by atoms with E-state index in [1.807, 2.05) is 0 Å². The Bertz CT molecular complexity index is 2690. The largest absolute Gasteiger partial charge is 0.310 e. The number of benzene rings is 8. The van der Waals surface area contributed by atoms with Gasteiger partial charge in [-0.3, -0.25) is 0 Å². The van der Waals surface area contributed by atoms with E-state index in [1.165, 1.54) is 82.9 Å². The summed E-state index contributed by atoms with van der Waals surface area (Å²) in [6.07, 6.45) is 0. The molecule has 0 fully saturated rings. The van der Waals surface area contributed by atoms with Crippen LogP contribution in [-0.4, -0.2) is 0 Å². The van der Waals surface area contributed by atoms with Gasteiger partial charge in [0.1, 0.15) is 0 Å². The summed E-state index contributed by atoms with van der Waals surface area (Å²) in [5.41, 5.74) is 16.7. The minimum absolute atomic E-state index is 0.0467. The summed E-state index contributed by atoms with van der Waals surface area (Å²) in [4.78, 5) is 2.45. The van der Waals surface area contributed by atoms with E-state index in [0.717, 1.165) is 11.4 Å². The Morgan fingerprint density at radius 3 is 1.71 bits per heavy atom. The molecule has 1 heteroatoms. The molecule has 2 aliphatic carbocycles. The van der Waals surface area contributed by atoms with Gasteiger partial charge in [0.15, 0.2) is 0 Å². The summed E-state index contributed by atoms with van der Waals surface area (Å²) in [7, 11) is 0. The predicted molar refractivity (Wildman–Crippen MR) is 217 cm³/mol. The van der Waals surface area contributed by atoms with Gasteiger partial charge in [-0.15, -0.1) is 0 Å². The zero-order valence-electron chi connectivity index (χ0n) is 29.5. The average molecular weight is 654 g/mol. The fourth-order valence-electron chi connectivity index (χ4n) is 9.10. The van der Waals surface area contributed by atoms with Crippen LogP contribution < -0.4 is 4.90 Å². The molecular weight excluding hydrogens is 615 g/mol. The van der Waals surface area contributed by atoms with Crippen LogP contribution in [0.4, 0.5) is 17.1 Å². The van der Waals surface area contributed by atoms with Gasteiger partial charge in [-0.25, -0.2) is 0 Å². The van der Waals surface area contributed by atoms with Crippen LogP contribution in [0.3, 0.4) is 0 Å². The van der Waals surface area contributed by atoms with Crippen molar-refractivity contribution in [2.45, 2.75) is 38.5 Å². The maximum absolute atomic E-state index is 2.45. The van der Waals surface area contributed by atoms with E-state index >= 15 is 0 Å². The quantitative estimate of drug-likeness (QED) is 0.183. The molecular formula is C50H39N. The fourth-order valence-corrected chi connectivity index (χ4v) is 9.10. The molecule has 8 aromatic carbocycles. The van der Waals surface area contributed by atoms with Gasteiger partial charge in [0.2, 0.25) is 0 Å². The standard InChI is InChI=1S/C50H39N/c1-49(2)45-16-10-8-14-42(45)48-43-30-38(25-21-34(43)22-28-46(48)49)51(39-26-27-41-40-13-7-9-15-44(40)50(3,4)47(41)31-39)37-23-19-33(20-24-37)36-18-17-32-11-5-6-12-35(32)29-36/h5-31H,1-4H3. The van der Waals surface area contributed by atoms with Crippen LogP contribution in [0.1, 0.15) is 49.9 Å². The molecule has 0 spiro atoms. The predicted octanol–water partition coefficient (Wildman–Crippen LogP) is 13.7. The lowest BCUT2D eigenvalue weighted by Crippen LogP contribution is -2.16. The van der Waals surface area contributed by atoms with Crippen molar-refractivity contribution in [2.75, 3.05) is 4.90 Å². The highest BCUT2D eigenvalue weighted by atomic mass is 15.1. The van der Waals surface area contributed by atoms with E-state index in [1.54, 1.807) is 0 Å². The molecule has 0 aliphatic heterocycles. The first-order valence-electron chi connectivity index (χ1n) is 18.1. The number of rotatable bonds is 4. The number of anilines is 3. The van der Waals surface area contributed by atoms with Crippen LogP contribution in [0.5, 0.6) is 0 Å². The van der Waals surface area contributed by atoms with Crippen LogP contribution >= 0.6 is 0 Å². The van der Waals surface area contributed by atoms with Gasteiger partial charge in [-0.2, -0.15) is 0 Å². The molecule has 2 aliphatic rings. The van der Waals surface area contributed by atoms with E-state index < -0.39 is 0 Å². The zero-order chi connectivity index (χ0) is 34.5. The van der Waals surface area contributed by atoms with Crippen molar-refractivity contribution < 1.29 is 0 Å². The van der Waals surface area contributed by atoms with E-state index in [2.05, 4.69) is 196 Å². The van der Waals surface area contributed by atoms with Crippen molar-refractivity contribution in [3.63, 3.8) is 0 Å². The number of fused-ring (bicyclic) bond motifs is 9. The van der Waals surface area contributed by atoms with E-state index in [9.17, 15) is 0 Å². The second-order valence-electron chi connectivity index (χ2n) is 15.4. The first-order chi connectivity index (χ1) is 24.8. The molecule has 10 rings (SSSR count). The Morgan fingerprint density at radius 2 is 0.902 bits per heavy atom. The molecule has 0 amide bonds. The molecule has 1 nitrogen and oxygen atoms in total. The number of nitrogens with zero attached hydrogens (tertiary/aromatic N) is 1. The van der Waals surface area contributed by atoms with Crippen LogP contribution in [-0.2, 0) is 10.8 Å². The molecule has 0 atom stereocenters. The summed E-state index contributed by atoms with van der Waals surface area (Å²) < 4.78 is 0. The Kier molecular flexibility index (Phi) is 6.34. The number of hydrogen-bond donors (Lipinski definition) is 0. The minimum atomic E-state index is -0.0902. The molecule has 244 valence electrons. The SMILES string of the molecule is CC1(C)c2ccccc2-c2ccc(N(c3ccc(-c4ccc5ccccc5c4)cc3)c3ccc4ccc5c(c4c3)-c3ccccc3C5(C)C)cc21. The van der Waals surface area contributed by atoms with E-state index in [-0.39, 0.29) is 10.8 Å². The highest BCUT2D eigenvalue weighted by molar-refractivity contribution is 6.04. The third-order valence-corrected chi connectivity index (χ3v) is 11.8. The normalized spacial score (nSPS) is 14.6. The van der Waals surface area contributed by atoms with Gasteiger partial charge in [-0.1, -0.05) is 149 Å². The van der Waals surface area contributed by atoms with Crippen LogP contribution in [0.2, 0.25) is 0 Å². The first-order valence-corrected chi connectivity index (χ1v) is 18.1. The summed E-state index contributed by atoms with van der Waals surface area (Å²) in [6, 6.07) is 61.1. The van der Waals surface area contributed by atoms with Crippen molar-refractivity contribution in [3.8, 4) is 33.4 Å². The van der Waals surface area contributed by atoms with Gasteiger partial charge < -0.3 is 4.90 Å². The highest BCUT2D eigenvalue weighted by Gasteiger charge is 2.37. The third-order valence-electron chi connectivity index (χ3n) is 11.8. The molecule has 0 saturated carbocycles.